The molecule has 0 radical (unpaired) electrons. The number of aliphatic hydroxyl groups excluding tert-OH is 1. The van der Waals surface area contributed by atoms with Crippen LogP contribution in [0.2, 0.25) is 0 Å². The van der Waals surface area contributed by atoms with Crippen molar-refractivity contribution in [3.8, 4) is 0 Å². The number of aryl methyl sites for hydroxylation is 1. The predicted molar refractivity (Wildman–Crippen MR) is 83.8 cm³/mol. The zero-order valence-electron chi connectivity index (χ0n) is 13.3. The summed E-state index contributed by atoms with van der Waals surface area (Å²) in [4.78, 5) is 29.3. The van der Waals surface area contributed by atoms with Crippen molar-refractivity contribution >= 4 is 5.91 Å². The summed E-state index contributed by atoms with van der Waals surface area (Å²) in [6, 6.07) is 3.41. The number of rotatable bonds is 4. The number of H-pyrrole nitrogens is 1. The van der Waals surface area contributed by atoms with Crippen molar-refractivity contribution in [3.63, 3.8) is 0 Å². The number of hydrogen-bond donors (Lipinski definition) is 2. The molecule has 2 aliphatic heterocycles. The van der Waals surface area contributed by atoms with E-state index in [0.29, 0.717) is 17.7 Å². The zero-order valence-corrected chi connectivity index (χ0v) is 13.3. The van der Waals surface area contributed by atoms with E-state index < -0.39 is 0 Å². The minimum Gasteiger partial charge on any atom is -0.396 e. The molecule has 0 unspecified atom stereocenters. The molecule has 2 N–H and O–H groups in total. The molecule has 1 aromatic rings. The smallest absolute Gasteiger partial charge is 0.256 e. The van der Waals surface area contributed by atoms with Crippen LogP contribution >= 0.6 is 0 Å². The van der Waals surface area contributed by atoms with Gasteiger partial charge in [-0.25, -0.2) is 0 Å². The lowest BCUT2D eigenvalue weighted by Gasteiger charge is -2.34. The summed E-state index contributed by atoms with van der Waals surface area (Å²) in [6.07, 6.45) is 4.39. The fraction of sp³-hybridized carbons (Fsp3) is 0.647. The van der Waals surface area contributed by atoms with E-state index >= 15 is 0 Å². The molecule has 3 rings (SSSR count). The highest BCUT2D eigenvalue weighted by Crippen LogP contribution is 2.51. The summed E-state index contributed by atoms with van der Waals surface area (Å²) in [6.45, 7) is 4.17. The van der Waals surface area contributed by atoms with Crippen molar-refractivity contribution in [2.24, 2.45) is 5.41 Å². The molecule has 2 aliphatic rings. The molecule has 1 aromatic heterocycles. The van der Waals surface area contributed by atoms with E-state index in [1.807, 2.05) is 11.8 Å². The normalized spacial score (nSPS) is 30.0. The van der Waals surface area contributed by atoms with Crippen molar-refractivity contribution in [2.75, 3.05) is 6.61 Å². The van der Waals surface area contributed by atoms with Crippen molar-refractivity contribution in [1.82, 2.24) is 9.88 Å². The average molecular weight is 304 g/mol. The van der Waals surface area contributed by atoms with E-state index in [1.165, 1.54) is 6.07 Å². The van der Waals surface area contributed by atoms with Gasteiger partial charge in [0.05, 0.1) is 12.2 Å². The van der Waals surface area contributed by atoms with E-state index in [9.17, 15) is 14.7 Å². The second-order valence-corrected chi connectivity index (χ2v) is 6.61. The highest BCUT2D eigenvalue weighted by atomic mass is 16.3. The maximum absolute atomic E-state index is 13.0. The molecule has 5 heteroatoms. The Bertz CT molecular complexity index is 633. The van der Waals surface area contributed by atoms with Crippen LogP contribution in [0.15, 0.2) is 16.9 Å². The molecule has 3 atom stereocenters. The van der Waals surface area contributed by atoms with Gasteiger partial charge < -0.3 is 15.0 Å². The molecule has 0 spiro atoms. The number of aliphatic hydroxyl groups is 1. The van der Waals surface area contributed by atoms with E-state index in [2.05, 4.69) is 11.9 Å². The Morgan fingerprint density at radius 1 is 1.41 bits per heavy atom. The molecule has 2 bridgehead atoms. The third-order valence-electron chi connectivity index (χ3n) is 5.69. The fourth-order valence-corrected chi connectivity index (χ4v) is 4.39. The van der Waals surface area contributed by atoms with Crippen LogP contribution in [0.1, 0.15) is 55.6 Å². The monoisotopic (exact) mass is 304 g/mol. The first-order chi connectivity index (χ1) is 10.6. The van der Waals surface area contributed by atoms with Crippen LogP contribution in [-0.4, -0.2) is 39.6 Å². The second kappa shape index (κ2) is 5.54. The lowest BCUT2D eigenvalue weighted by Crippen LogP contribution is -2.42. The molecule has 5 nitrogen and oxygen atoms in total. The SMILES string of the molecule is CCc1[nH]c(=O)ccc1C(=O)N1[C@@H]2CC[C@H]1[C@@](CC)(CO)C2. The van der Waals surface area contributed by atoms with Gasteiger partial charge in [0.2, 0.25) is 5.56 Å². The first kappa shape index (κ1) is 15.3. The van der Waals surface area contributed by atoms with Gasteiger partial charge in [-0.1, -0.05) is 13.8 Å². The molecule has 2 fully saturated rings. The van der Waals surface area contributed by atoms with Crippen LogP contribution in [0.4, 0.5) is 0 Å². The number of nitrogens with zero attached hydrogens (tertiary/aromatic N) is 1. The quantitative estimate of drug-likeness (QED) is 0.889. The van der Waals surface area contributed by atoms with Crippen molar-refractivity contribution in [1.29, 1.82) is 0 Å². The molecule has 1 amide bonds. The zero-order chi connectivity index (χ0) is 15.9. The van der Waals surface area contributed by atoms with Gasteiger partial charge in [0.25, 0.3) is 5.91 Å². The van der Waals surface area contributed by atoms with E-state index in [4.69, 9.17) is 0 Å². The van der Waals surface area contributed by atoms with Crippen LogP contribution in [0.3, 0.4) is 0 Å². The summed E-state index contributed by atoms with van der Waals surface area (Å²) >= 11 is 0. The lowest BCUT2D eigenvalue weighted by molar-refractivity contribution is 0.0556. The number of carbonyl (C=O) groups excluding carboxylic acids is 1. The molecule has 3 heterocycles. The van der Waals surface area contributed by atoms with Gasteiger partial charge in [0.1, 0.15) is 0 Å². The maximum atomic E-state index is 13.0. The molecule has 0 saturated carbocycles. The molecular formula is C17H24N2O3. The number of nitrogens with one attached hydrogen (secondary N) is 1. The van der Waals surface area contributed by atoms with Crippen LogP contribution in [-0.2, 0) is 6.42 Å². The number of aromatic amines is 1. The Morgan fingerprint density at radius 2 is 2.18 bits per heavy atom. The minimum absolute atomic E-state index is 0.00405. The van der Waals surface area contributed by atoms with Gasteiger partial charge in [-0.05, 0) is 38.2 Å². The Morgan fingerprint density at radius 3 is 2.77 bits per heavy atom. The summed E-state index contributed by atoms with van der Waals surface area (Å²) in [5.74, 6) is 0.00405. The highest BCUT2D eigenvalue weighted by Gasteiger charge is 2.56. The Balaban J connectivity index is 1.96. The third-order valence-corrected chi connectivity index (χ3v) is 5.69. The number of amides is 1. The number of fused-ring (bicyclic) bond motifs is 2. The van der Waals surface area contributed by atoms with Crippen molar-refractivity contribution < 1.29 is 9.90 Å². The standard InChI is InChI=1S/C17H24N2O3/c1-3-13-12(6-8-15(21)18-13)16(22)19-11-5-7-14(19)17(4-2,9-11)10-20/h6,8,11,14,20H,3-5,7,9-10H2,1-2H3,(H,18,21)/t11-,14+,17-/m1/s1. The van der Waals surface area contributed by atoms with Crippen molar-refractivity contribution in [3.05, 3.63) is 33.7 Å². The van der Waals surface area contributed by atoms with Crippen molar-refractivity contribution in [2.45, 2.75) is 58.0 Å². The van der Waals surface area contributed by atoms with Gasteiger partial charge in [0, 0.05) is 29.3 Å². The maximum Gasteiger partial charge on any atom is 0.256 e. The van der Waals surface area contributed by atoms with Crippen LogP contribution in [0.5, 0.6) is 0 Å². The Kier molecular flexibility index (Phi) is 3.85. The number of hydrogen-bond acceptors (Lipinski definition) is 3. The van der Waals surface area contributed by atoms with Crippen LogP contribution in [0, 0.1) is 5.41 Å². The first-order valence-corrected chi connectivity index (χ1v) is 8.22. The number of pyridine rings is 1. The van der Waals surface area contributed by atoms with Crippen LogP contribution < -0.4 is 5.56 Å². The third kappa shape index (κ3) is 2.10. The largest absolute Gasteiger partial charge is 0.396 e. The van der Waals surface area contributed by atoms with Gasteiger partial charge in [-0.15, -0.1) is 0 Å². The molecule has 22 heavy (non-hydrogen) atoms. The molecule has 0 aliphatic carbocycles. The predicted octanol–water partition coefficient (Wildman–Crippen LogP) is 1.70. The van der Waals surface area contributed by atoms with E-state index in [0.717, 1.165) is 25.7 Å². The molecule has 120 valence electrons. The Labute approximate surface area is 130 Å². The summed E-state index contributed by atoms with van der Waals surface area (Å²) in [7, 11) is 0. The summed E-state index contributed by atoms with van der Waals surface area (Å²) < 4.78 is 0. The average Bonchev–Trinajstić information content (AvgIpc) is 3.09. The molecule has 2 saturated heterocycles. The Hall–Kier alpha value is -1.62. The fourth-order valence-electron chi connectivity index (χ4n) is 4.39. The first-order valence-electron chi connectivity index (χ1n) is 8.22. The molecule has 0 aromatic carbocycles. The van der Waals surface area contributed by atoms with Gasteiger partial charge in [0.15, 0.2) is 0 Å². The summed E-state index contributed by atoms with van der Waals surface area (Å²) in [5, 5.41) is 9.86. The van der Waals surface area contributed by atoms with Crippen LogP contribution in [0.25, 0.3) is 0 Å². The van der Waals surface area contributed by atoms with E-state index in [1.54, 1.807) is 6.07 Å². The molecular weight excluding hydrogens is 280 g/mol. The number of aromatic nitrogens is 1. The lowest BCUT2D eigenvalue weighted by atomic mass is 9.72. The van der Waals surface area contributed by atoms with Gasteiger partial charge >= 0.3 is 0 Å². The minimum atomic E-state index is -0.170. The van der Waals surface area contributed by atoms with Gasteiger partial charge in [-0.2, -0.15) is 0 Å². The topological polar surface area (TPSA) is 73.4 Å². The number of carbonyl (C=O) groups is 1. The highest BCUT2D eigenvalue weighted by molar-refractivity contribution is 5.96. The van der Waals surface area contributed by atoms with E-state index in [-0.39, 0.29) is 35.6 Å². The second-order valence-electron chi connectivity index (χ2n) is 6.61. The summed E-state index contributed by atoms with van der Waals surface area (Å²) in [5.41, 5.74) is 0.988. The van der Waals surface area contributed by atoms with Gasteiger partial charge in [-0.3, -0.25) is 9.59 Å².